The van der Waals surface area contributed by atoms with Gasteiger partial charge in [-0.3, -0.25) is 0 Å². The van der Waals surface area contributed by atoms with Crippen molar-refractivity contribution in [2.24, 2.45) is 0 Å². The number of hydrogen-bond donors (Lipinski definition) is 0. The summed E-state index contributed by atoms with van der Waals surface area (Å²) in [6.07, 6.45) is -2.68. The Hall–Kier alpha value is -0.730. The van der Waals surface area contributed by atoms with Crippen molar-refractivity contribution in [1.29, 1.82) is 5.26 Å². The highest BCUT2D eigenvalue weighted by molar-refractivity contribution is 9.10. The summed E-state index contributed by atoms with van der Waals surface area (Å²) in [5.74, 6) is 0. The van der Waals surface area contributed by atoms with Crippen molar-refractivity contribution >= 4 is 27.5 Å². The number of nitrogens with zero attached hydrogens (tertiary/aromatic N) is 2. The van der Waals surface area contributed by atoms with E-state index in [1.807, 2.05) is 6.07 Å². The lowest BCUT2D eigenvalue weighted by atomic mass is 10.2. The smallest absolute Gasteiger partial charge is 0.238 e. The highest BCUT2D eigenvalue weighted by Gasteiger charge is 2.14. The van der Waals surface area contributed by atoms with Gasteiger partial charge < -0.3 is 0 Å². The van der Waals surface area contributed by atoms with Crippen molar-refractivity contribution in [3.05, 3.63) is 26.9 Å². The lowest BCUT2D eigenvalue weighted by Gasteiger charge is -2.05. The maximum atomic E-state index is 12.3. The van der Waals surface area contributed by atoms with Crippen LogP contribution in [0.25, 0.3) is 0 Å². The first kappa shape index (κ1) is 11.3. The maximum absolute atomic E-state index is 12.3. The zero-order chi connectivity index (χ0) is 10.7. The number of alkyl halides is 2. The fourth-order valence-electron chi connectivity index (χ4n) is 0.895. The average molecular weight is 281 g/mol. The van der Waals surface area contributed by atoms with E-state index in [1.165, 1.54) is 0 Å². The van der Waals surface area contributed by atoms with Crippen LogP contribution in [0.2, 0.25) is 5.02 Å². The van der Waals surface area contributed by atoms with Crippen LogP contribution in [-0.4, -0.2) is 4.98 Å². The highest BCUT2D eigenvalue weighted by Crippen LogP contribution is 2.29. The molecule has 0 unspecified atom stereocenters. The number of nitriles is 1. The van der Waals surface area contributed by atoms with Gasteiger partial charge in [0.25, 0.3) is 6.43 Å². The third-order valence-corrected chi connectivity index (χ3v) is 2.73. The van der Waals surface area contributed by atoms with Gasteiger partial charge >= 0.3 is 0 Å². The van der Waals surface area contributed by atoms with Gasteiger partial charge in [0, 0.05) is 0 Å². The predicted molar refractivity (Wildman–Crippen MR) is 51.2 cm³/mol. The van der Waals surface area contributed by atoms with Crippen LogP contribution in [0, 0.1) is 11.3 Å². The van der Waals surface area contributed by atoms with E-state index in [0.717, 1.165) is 6.07 Å². The van der Waals surface area contributed by atoms with Crippen LogP contribution in [0.3, 0.4) is 0 Å². The van der Waals surface area contributed by atoms with Gasteiger partial charge in [-0.15, -0.1) is 0 Å². The van der Waals surface area contributed by atoms with Crippen LogP contribution >= 0.6 is 27.5 Å². The highest BCUT2D eigenvalue weighted by atomic mass is 79.9. The fraction of sp³-hybridized carbons (Fsp3) is 0.250. The Bertz CT molecular complexity index is 390. The van der Waals surface area contributed by atoms with E-state index in [9.17, 15) is 8.78 Å². The van der Waals surface area contributed by atoms with Crippen molar-refractivity contribution in [2.45, 2.75) is 12.8 Å². The Morgan fingerprint density at radius 1 is 1.64 bits per heavy atom. The molecule has 0 spiro atoms. The summed E-state index contributed by atoms with van der Waals surface area (Å²) >= 11 is 8.69. The zero-order valence-corrected chi connectivity index (χ0v) is 9.11. The van der Waals surface area contributed by atoms with Crippen LogP contribution in [-0.2, 0) is 6.42 Å². The number of pyridine rings is 1. The first-order valence-electron chi connectivity index (χ1n) is 3.56. The molecule has 74 valence electrons. The Labute approximate surface area is 92.6 Å². The van der Waals surface area contributed by atoms with Crippen LogP contribution in [0.5, 0.6) is 0 Å². The number of hydrogen-bond acceptors (Lipinski definition) is 2. The average Bonchev–Trinajstić information content (AvgIpc) is 2.12. The molecule has 1 aromatic heterocycles. The largest absolute Gasteiger partial charge is 0.280 e. The monoisotopic (exact) mass is 280 g/mol. The van der Waals surface area contributed by atoms with Crippen molar-refractivity contribution < 1.29 is 8.78 Å². The molecule has 0 fully saturated rings. The van der Waals surface area contributed by atoms with E-state index < -0.39 is 6.43 Å². The molecule has 1 aromatic rings. The molecule has 1 heterocycles. The summed E-state index contributed by atoms with van der Waals surface area (Å²) in [7, 11) is 0. The van der Waals surface area contributed by atoms with Crippen LogP contribution in [0.1, 0.15) is 17.7 Å². The molecule has 0 aliphatic carbocycles. The molecule has 6 heteroatoms. The van der Waals surface area contributed by atoms with Gasteiger partial charge in [-0.25, -0.2) is 13.8 Å². The van der Waals surface area contributed by atoms with Gasteiger partial charge in [0.1, 0.15) is 10.3 Å². The van der Waals surface area contributed by atoms with Gasteiger partial charge in [0.2, 0.25) is 0 Å². The van der Waals surface area contributed by atoms with Crippen molar-refractivity contribution in [2.75, 3.05) is 0 Å². The summed E-state index contributed by atoms with van der Waals surface area (Å²) < 4.78 is 24.7. The Balaban J connectivity index is 3.22. The van der Waals surface area contributed by atoms with E-state index in [1.54, 1.807) is 0 Å². The van der Waals surface area contributed by atoms with Crippen molar-refractivity contribution in [1.82, 2.24) is 4.98 Å². The van der Waals surface area contributed by atoms with Crippen LogP contribution in [0.4, 0.5) is 8.78 Å². The summed E-state index contributed by atoms with van der Waals surface area (Å²) in [5.41, 5.74) is -0.0298. The molecular formula is C8H4BrClF2N2. The second-order valence-electron chi connectivity index (χ2n) is 2.45. The van der Waals surface area contributed by atoms with Gasteiger partial charge in [0.05, 0.1) is 17.5 Å². The quantitative estimate of drug-likeness (QED) is 0.778. The third-order valence-electron chi connectivity index (χ3n) is 1.51. The Morgan fingerprint density at radius 3 is 2.79 bits per heavy atom. The van der Waals surface area contributed by atoms with E-state index in [2.05, 4.69) is 20.9 Å². The van der Waals surface area contributed by atoms with Crippen molar-refractivity contribution in [3.63, 3.8) is 0 Å². The molecule has 0 aromatic carbocycles. The normalized spacial score (nSPS) is 10.3. The van der Waals surface area contributed by atoms with Crippen LogP contribution < -0.4 is 0 Å². The lowest BCUT2D eigenvalue weighted by molar-refractivity contribution is 0.146. The Morgan fingerprint density at radius 2 is 2.29 bits per heavy atom. The fourth-order valence-corrected chi connectivity index (χ4v) is 1.52. The molecule has 0 atom stereocenters. The minimum atomic E-state index is -2.67. The van der Waals surface area contributed by atoms with E-state index in [-0.39, 0.29) is 21.7 Å². The molecule has 0 aliphatic heterocycles. The number of aromatic nitrogens is 1. The van der Waals surface area contributed by atoms with E-state index in [0.29, 0.717) is 5.56 Å². The molecule has 0 saturated heterocycles. The molecule has 0 N–H and O–H groups in total. The lowest BCUT2D eigenvalue weighted by Crippen LogP contribution is -1.96. The summed E-state index contributed by atoms with van der Waals surface area (Å²) in [6, 6.07) is 2.98. The number of halogens is 4. The second kappa shape index (κ2) is 4.67. The predicted octanol–water partition coefficient (Wildman–Crippen LogP) is 3.50. The van der Waals surface area contributed by atoms with Crippen LogP contribution in [0.15, 0.2) is 10.7 Å². The SMILES string of the molecule is N#CCc1cc(C(F)F)nc(Br)c1Cl. The van der Waals surface area contributed by atoms with Gasteiger partial charge in [0.15, 0.2) is 0 Å². The van der Waals surface area contributed by atoms with E-state index in [4.69, 9.17) is 16.9 Å². The summed E-state index contributed by atoms with van der Waals surface area (Å²) in [4.78, 5) is 3.54. The standard InChI is InChI=1S/C8H4BrClF2N2/c9-7-6(10)4(1-2-13)3-5(14-7)8(11)12/h3,8H,1H2. The third kappa shape index (κ3) is 2.40. The summed E-state index contributed by atoms with van der Waals surface area (Å²) in [6.45, 7) is 0. The molecule has 2 nitrogen and oxygen atoms in total. The van der Waals surface area contributed by atoms with Gasteiger partial charge in [-0.05, 0) is 27.6 Å². The Kier molecular flexibility index (Phi) is 3.78. The van der Waals surface area contributed by atoms with E-state index >= 15 is 0 Å². The van der Waals surface area contributed by atoms with Gasteiger partial charge in [-0.2, -0.15) is 5.26 Å². The minimum Gasteiger partial charge on any atom is -0.238 e. The number of rotatable bonds is 2. The van der Waals surface area contributed by atoms with Crippen molar-refractivity contribution in [3.8, 4) is 6.07 Å². The molecule has 14 heavy (non-hydrogen) atoms. The minimum absolute atomic E-state index is 0.0142. The second-order valence-corrected chi connectivity index (χ2v) is 3.58. The first-order chi connectivity index (χ1) is 6.56. The topological polar surface area (TPSA) is 36.7 Å². The summed E-state index contributed by atoms with van der Waals surface area (Å²) in [5, 5.41) is 8.64. The molecule has 0 saturated carbocycles. The molecule has 0 radical (unpaired) electrons. The molecule has 0 amide bonds. The van der Waals surface area contributed by atoms with Gasteiger partial charge in [-0.1, -0.05) is 11.6 Å². The molecule has 0 bridgehead atoms. The molecule has 1 rings (SSSR count). The first-order valence-corrected chi connectivity index (χ1v) is 4.73. The molecular weight excluding hydrogens is 277 g/mol. The molecule has 0 aliphatic rings. The zero-order valence-electron chi connectivity index (χ0n) is 6.77. The maximum Gasteiger partial charge on any atom is 0.280 e.